The van der Waals surface area contributed by atoms with Crippen LogP contribution in [0.25, 0.3) is 0 Å². The highest BCUT2D eigenvalue weighted by atomic mass is 79.9. The summed E-state index contributed by atoms with van der Waals surface area (Å²) in [6.45, 7) is 4.07. The van der Waals surface area contributed by atoms with Gasteiger partial charge in [0.05, 0.1) is 11.1 Å². The summed E-state index contributed by atoms with van der Waals surface area (Å²) in [5.41, 5.74) is 3.83. The Morgan fingerprint density at radius 3 is 1.77 bits per heavy atom. The normalized spacial score (nSPS) is 10.8. The summed E-state index contributed by atoms with van der Waals surface area (Å²) in [5.74, 6) is 0.204. The van der Waals surface area contributed by atoms with Crippen molar-refractivity contribution in [3.05, 3.63) is 107 Å². The maximum Gasteiger partial charge on any atom is 0.268 e. The number of halogens is 2. The zero-order valence-corrected chi connectivity index (χ0v) is 19.3. The smallest absolute Gasteiger partial charge is 0.268 e. The van der Waals surface area contributed by atoms with E-state index in [1.165, 1.54) is 0 Å². The van der Waals surface area contributed by atoms with Gasteiger partial charge < -0.3 is 14.9 Å². The molecule has 7 nitrogen and oxygen atoms in total. The molecule has 9 heteroatoms. The average molecular weight is 506 g/mol. The summed E-state index contributed by atoms with van der Waals surface area (Å²) >= 11 is 3.42. The molecule has 0 aliphatic rings. The van der Waals surface area contributed by atoms with Crippen LogP contribution in [0.2, 0.25) is 0 Å². The quantitative estimate of drug-likeness (QED) is 0.314. The summed E-state index contributed by atoms with van der Waals surface area (Å²) < 4.78 is 6.90. The fourth-order valence-corrected chi connectivity index (χ4v) is 3.85. The predicted molar refractivity (Wildman–Crippen MR) is 125 cm³/mol. The molecule has 0 aliphatic heterocycles. The predicted octanol–water partition coefficient (Wildman–Crippen LogP) is 4.28. The summed E-state index contributed by atoms with van der Waals surface area (Å²) in [5, 5.41) is 10.9. The van der Waals surface area contributed by atoms with Crippen molar-refractivity contribution in [1.29, 1.82) is 0 Å². The van der Waals surface area contributed by atoms with Gasteiger partial charge in [-0.3, -0.25) is 19.8 Å². The van der Waals surface area contributed by atoms with E-state index in [0.29, 0.717) is 34.9 Å². The van der Waals surface area contributed by atoms with E-state index < -0.39 is 5.92 Å². The summed E-state index contributed by atoms with van der Waals surface area (Å²) in [6, 6.07) is 15.4. The van der Waals surface area contributed by atoms with Crippen LogP contribution >= 0.6 is 28.3 Å². The Labute approximate surface area is 192 Å². The van der Waals surface area contributed by atoms with Crippen molar-refractivity contribution >= 4 is 28.3 Å². The van der Waals surface area contributed by atoms with E-state index in [-0.39, 0.29) is 23.5 Å². The molecule has 0 fully saturated rings. The average Bonchev–Trinajstić information content (AvgIpc) is 3.25. The molecule has 0 saturated carbocycles. The maximum atomic E-state index is 12.5. The van der Waals surface area contributed by atoms with E-state index in [2.05, 4.69) is 36.3 Å². The van der Waals surface area contributed by atoms with Crippen molar-refractivity contribution in [2.24, 2.45) is 0 Å². The highest BCUT2D eigenvalue weighted by Gasteiger charge is 2.27. The monoisotopic (exact) mass is 504 g/mol. The molecule has 0 spiro atoms. The fourth-order valence-electron chi connectivity index (χ4n) is 3.59. The first kappa shape index (κ1) is 22.7. The number of hydrogen-bond donors (Lipinski definition) is 4. The van der Waals surface area contributed by atoms with Gasteiger partial charge in [0, 0.05) is 21.8 Å². The molecule has 4 rings (SSSR count). The van der Waals surface area contributed by atoms with Crippen molar-refractivity contribution in [1.82, 2.24) is 20.4 Å². The number of aromatic nitrogens is 4. The van der Waals surface area contributed by atoms with Crippen molar-refractivity contribution in [3.8, 4) is 5.75 Å². The third kappa shape index (κ3) is 4.70. The largest absolute Gasteiger partial charge is 0.489 e. The van der Waals surface area contributed by atoms with E-state index in [4.69, 9.17) is 4.74 Å². The lowest BCUT2D eigenvalue weighted by Crippen LogP contribution is -2.20. The molecule has 4 N–H and O–H groups in total. The minimum atomic E-state index is -0.504. The first-order valence-corrected chi connectivity index (χ1v) is 10.2. The second-order valence-corrected chi connectivity index (χ2v) is 8.07. The van der Waals surface area contributed by atoms with Crippen molar-refractivity contribution in [2.75, 3.05) is 0 Å². The van der Waals surface area contributed by atoms with E-state index >= 15 is 0 Å². The lowest BCUT2D eigenvalue weighted by molar-refractivity contribution is 0.306. The van der Waals surface area contributed by atoms with Gasteiger partial charge in [0.25, 0.3) is 11.1 Å². The Balaban J connectivity index is 0.00000272. The van der Waals surface area contributed by atoms with Gasteiger partial charge in [-0.2, -0.15) is 0 Å². The molecule has 0 radical (unpaired) electrons. The summed E-state index contributed by atoms with van der Waals surface area (Å²) in [7, 11) is 0. The molecular weight excluding hydrogens is 484 g/mol. The van der Waals surface area contributed by atoms with Gasteiger partial charge in [0.1, 0.15) is 12.4 Å². The standard InChI is InChI=1S/C22H21BrN4O3.ClH/c1-12-18(21(28)26-24-12)20(19-13(2)25-27-22(19)29)15-5-9-17(10-6-15)30-11-14-3-7-16(23)8-4-14;/h3-10,20H,11H2,1-2H3,(H2,24,26,28)(H2,25,27,29);1H. The van der Waals surface area contributed by atoms with E-state index in [1.807, 2.05) is 62.4 Å². The van der Waals surface area contributed by atoms with E-state index in [9.17, 15) is 9.59 Å². The van der Waals surface area contributed by atoms with Crippen LogP contribution in [0.4, 0.5) is 0 Å². The maximum absolute atomic E-state index is 12.5. The van der Waals surface area contributed by atoms with Gasteiger partial charge in [-0.05, 0) is 49.2 Å². The first-order chi connectivity index (χ1) is 14.4. The minimum absolute atomic E-state index is 0. The fraction of sp³-hybridized carbons (Fsp3) is 0.182. The zero-order chi connectivity index (χ0) is 21.3. The highest BCUT2D eigenvalue weighted by Crippen LogP contribution is 2.32. The molecule has 2 heterocycles. The molecule has 0 saturated heterocycles. The molecule has 2 aromatic carbocycles. The van der Waals surface area contributed by atoms with Crippen LogP contribution in [0.1, 0.15) is 39.6 Å². The third-order valence-electron chi connectivity index (χ3n) is 5.13. The Hall–Kier alpha value is -2.97. The molecule has 2 aromatic heterocycles. The number of H-pyrrole nitrogens is 4. The number of nitrogens with one attached hydrogen (secondary N) is 4. The van der Waals surface area contributed by atoms with Crippen LogP contribution in [0.3, 0.4) is 0 Å². The van der Waals surface area contributed by atoms with E-state index in [1.54, 1.807) is 0 Å². The number of aromatic amines is 4. The Kier molecular flexibility index (Phi) is 6.92. The van der Waals surface area contributed by atoms with Crippen molar-refractivity contribution in [3.63, 3.8) is 0 Å². The van der Waals surface area contributed by atoms with Crippen LogP contribution in [-0.4, -0.2) is 20.4 Å². The molecule has 0 amide bonds. The van der Waals surface area contributed by atoms with Crippen LogP contribution in [-0.2, 0) is 6.61 Å². The molecule has 0 bridgehead atoms. The number of hydrogen-bond acceptors (Lipinski definition) is 3. The summed E-state index contributed by atoms with van der Waals surface area (Å²) in [4.78, 5) is 25.0. The zero-order valence-electron chi connectivity index (χ0n) is 16.9. The first-order valence-electron chi connectivity index (χ1n) is 9.45. The van der Waals surface area contributed by atoms with Crippen LogP contribution in [0.15, 0.2) is 62.6 Å². The van der Waals surface area contributed by atoms with Crippen LogP contribution < -0.4 is 15.9 Å². The summed E-state index contributed by atoms with van der Waals surface area (Å²) in [6.07, 6.45) is 0. The van der Waals surface area contributed by atoms with E-state index in [0.717, 1.165) is 15.6 Å². The number of ether oxygens (including phenoxy) is 1. The van der Waals surface area contributed by atoms with Gasteiger partial charge in [0.15, 0.2) is 0 Å². The molecule has 31 heavy (non-hydrogen) atoms. The Morgan fingerprint density at radius 1 is 0.806 bits per heavy atom. The highest BCUT2D eigenvalue weighted by molar-refractivity contribution is 9.10. The molecule has 0 atom stereocenters. The number of aryl methyl sites for hydroxylation is 2. The lowest BCUT2D eigenvalue weighted by atomic mass is 9.85. The molecule has 162 valence electrons. The van der Waals surface area contributed by atoms with Crippen molar-refractivity contribution in [2.45, 2.75) is 26.4 Å². The molecule has 4 aromatic rings. The molecular formula is C22H22BrClN4O3. The van der Waals surface area contributed by atoms with Crippen LogP contribution in [0.5, 0.6) is 5.75 Å². The number of rotatable bonds is 6. The van der Waals surface area contributed by atoms with Gasteiger partial charge in [-0.1, -0.05) is 40.2 Å². The second kappa shape index (κ2) is 9.45. The topological polar surface area (TPSA) is 107 Å². The SMILES string of the molecule is Cc1[nH][nH]c(=O)c1C(c1ccc(OCc2ccc(Br)cc2)cc1)c1c(C)[nH][nH]c1=O.Cl. The van der Waals surface area contributed by atoms with Crippen LogP contribution in [0, 0.1) is 13.8 Å². The second-order valence-electron chi connectivity index (χ2n) is 7.15. The van der Waals surface area contributed by atoms with Gasteiger partial charge in [-0.15, -0.1) is 12.4 Å². The molecule has 0 unspecified atom stereocenters. The van der Waals surface area contributed by atoms with Gasteiger partial charge in [0.2, 0.25) is 0 Å². The van der Waals surface area contributed by atoms with Gasteiger partial charge in [-0.25, -0.2) is 0 Å². The third-order valence-corrected chi connectivity index (χ3v) is 5.66. The molecule has 0 aliphatic carbocycles. The Bertz CT molecular complexity index is 1220. The minimum Gasteiger partial charge on any atom is -0.489 e. The van der Waals surface area contributed by atoms with Crippen molar-refractivity contribution < 1.29 is 4.74 Å². The Morgan fingerprint density at radius 2 is 1.32 bits per heavy atom. The lowest BCUT2D eigenvalue weighted by Gasteiger charge is -2.16. The number of benzene rings is 2. The van der Waals surface area contributed by atoms with Gasteiger partial charge >= 0.3 is 0 Å².